The molecule has 0 unspecified atom stereocenters. The SMILES string of the molecule is C[C@]12CC[C@H](O)CC1=CC[C@H]1[C@@H]3[C@@H]4C[C@@H]4C(=O)[C@@]3(C)CC[C@@H]12. The molecule has 5 aliphatic carbocycles. The number of aliphatic hydroxyl groups excluding tert-OH is 1. The third kappa shape index (κ3) is 1.48. The highest BCUT2D eigenvalue weighted by Crippen LogP contribution is 2.71. The Bertz CT molecular complexity index is 578. The molecule has 0 saturated heterocycles. The number of Topliss-reactive ketones (excluding diaryl/α,β-unsaturated/α-hetero) is 1. The molecule has 0 heterocycles. The molecule has 0 spiro atoms. The van der Waals surface area contributed by atoms with Crippen LogP contribution in [0.3, 0.4) is 0 Å². The molecule has 0 aromatic rings. The molecule has 0 aromatic carbocycles. The molecule has 22 heavy (non-hydrogen) atoms. The van der Waals surface area contributed by atoms with Crippen LogP contribution in [0.4, 0.5) is 0 Å². The van der Waals surface area contributed by atoms with E-state index >= 15 is 0 Å². The third-order valence-electron chi connectivity index (χ3n) is 8.53. The molecular weight excluding hydrogens is 272 g/mol. The van der Waals surface area contributed by atoms with Gasteiger partial charge in [-0.05, 0) is 74.0 Å². The summed E-state index contributed by atoms with van der Waals surface area (Å²) in [6.45, 7) is 4.75. The number of hydrogen-bond acceptors (Lipinski definition) is 2. The highest BCUT2D eigenvalue weighted by Gasteiger charge is 2.70. The van der Waals surface area contributed by atoms with Crippen LogP contribution in [0.15, 0.2) is 11.6 Å². The van der Waals surface area contributed by atoms with Crippen LogP contribution in [0.5, 0.6) is 0 Å². The Labute approximate surface area is 133 Å². The number of rotatable bonds is 0. The molecule has 8 atom stereocenters. The van der Waals surface area contributed by atoms with Crippen LogP contribution in [0.25, 0.3) is 0 Å². The van der Waals surface area contributed by atoms with Crippen molar-refractivity contribution < 1.29 is 9.90 Å². The summed E-state index contributed by atoms with van der Waals surface area (Å²) in [7, 11) is 0. The van der Waals surface area contributed by atoms with Gasteiger partial charge >= 0.3 is 0 Å². The summed E-state index contributed by atoms with van der Waals surface area (Å²) in [5, 5.41) is 10.0. The summed E-state index contributed by atoms with van der Waals surface area (Å²) in [6, 6.07) is 0. The fourth-order valence-corrected chi connectivity index (χ4v) is 7.31. The molecule has 1 N–H and O–H groups in total. The maximum Gasteiger partial charge on any atom is 0.142 e. The molecule has 5 rings (SSSR count). The van der Waals surface area contributed by atoms with Crippen molar-refractivity contribution >= 4 is 5.78 Å². The monoisotopic (exact) mass is 300 g/mol. The van der Waals surface area contributed by atoms with Crippen molar-refractivity contribution in [3.05, 3.63) is 11.6 Å². The van der Waals surface area contributed by atoms with E-state index in [2.05, 4.69) is 19.9 Å². The van der Waals surface area contributed by atoms with Crippen molar-refractivity contribution in [1.82, 2.24) is 0 Å². The standard InChI is InChI=1S/C20H28O2/c1-19-7-5-12(21)9-11(19)3-4-13-16(19)6-8-20(2)17(13)14-10-15(14)18(20)22/h3,12-17,21H,4-10H2,1-2H3/t12-,13+,14+,15-,16-,17+,19-,20-/m0/s1. The smallest absolute Gasteiger partial charge is 0.142 e. The van der Waals surface area contributed by atoms with Gasteiger partial charge in [0.1, 0.15) is 5.78 Å². The lowest BCUT2D eigenvalue weighted by Gasteiger charge is -2.57. The van der Waals surface area contributed by atoms with E-state index in [1.165, 1.54) is 24.8 Å². The normalized spacial score (nSPS) is 59.0. The maximum atomic E-state index is 12.7. The molecule has 2 nitrogen and oxygen atoms in total. The molecule has 0 amide bonds. The molecule has 0 aliphatic heterocycles. The van der Waals surface area contributed by atoms with E-state index in [1.807, 2.05) is 0 Å². The average Bonchev–Trinajstić information content (AvgIpc) is 3.22. The minimum atomic E-state index is -0.120. The Morgan fingerprint density at radius 1 is 1.14 bits per heavy atom. The van der Waals surface area contributed by atoms with Crippen molar-refractivity contribution in [3.8, 4) is 0 Å². The van der Waals surface area contributed by atoms with Crippen molar-refractivity contribution in [2.45, 2.75) is 64.9 Å². The summed E-state index contributed by atoms with van der Waals surface area (Å²) in [5.41, 5.74) is 1.84. The fraction of sp³-hybridized carbons (Fsp3) is 0.850. The van der Waals surface area contributed by atoms with Gasteiger partial charge in [-0.25, -0.2) is 0 Å². The van der Waals surface area contributed by atoms with Gasteiger partial charge < -0.3 is 5.11 Å². The second kappa shape index (κ2) is 4.06. The molecule has 0 bridgehead atoms. The lowest BCUT2D eigenvalue weighted by molar-refractivity contribution is -0.135. The average molecular weight is 300 g/mol. The quantitative estimate of drug-likeness (QED) is 0.692. The summed E-state index contributed by atoms with van der Waals surface area (Å²) in [4.78, 5) is 12.7. The van der Waals surface area contributed by atoms with E-state index < -0.39 is 0 Å². The predicted octanol–water partition coefficient (Wildman–Crippen LogP) is 3.74. The van der Waals surface area contributed by atoms with E-state index in [0.717, 1.165) is 43.4 Å². The highest BCUT2D eigenvalue weighted by atomic mass is 16.3. The van der Waals surface area contributed by atoms with Crippen molar-refractivity contribution in [2.24, 2.45) is 40.4 Å². The van der Waals surface area contributed by atoms with Crippen LogP contribution in [0.1, 0.15) is 58.8 Å². The van der Waals surface area contributed by atoms with Gasteiger partial charge in [-0.1, -0.05) is 25.5 Å². The van der Waals surface area contributed by atoms with E-state index in [1.54, 1.807) is 0 Å². The van der Waals surface area contributed by atoms with Crippen LogP contribution in [0, 0.1) is 40.4 Å². The van der Waals surface area contributed by atoms with Gasteiger partial charge in [0, 0.05) is 11.3 Å². The van der Waals surface area contributed by atoms with E-state index in [9.17, 15) is 9.90 Å². The summed E-state index contributed by atoms with van der Waals surface area (Å²) >= 11 is 0. The molecule has 5 aliphatic rings. The maximum absolute atomic E-state index is 12.7. The van der Waals surface area contributed by atoms with Crippen LogP contribution >= 0.6 is 0 Å². The first-order valence-electron chi connectivity index (χ1n) is 9.37. The van der Waals surface area contributed by atoms with Crippen LogP contribution in [0.2, 0.25) is 0 Å². The topological polar surface area (TPSA) is 37.3 Å². The first-order valence-corrected chi connectivity index (χ1v) is 9.37. The van der Waals surface area contributed by atoms with Gasteiger partial charge in [0.15, 0.2) is 0 Å². The summed E-state index contributed by atoms with van der Waals surface area (Å²) in [6.07, 6.45) is 10.1. The molecule has 2 heteroatoms. The first kappa shape index (κ1) is 13.8. The van der Waals surface area contributed by atoms with Crippen molar-refractivity contribution in [1.29, 1.82) is 0 Å². The van der Waals surface area contributed by atoms with E-state index in [4.69, 9.17) is 0 Å². The number of fused-ring (bicyclic) bond motifs is 7. The first-order chi connectivity index (χ1) is 10.4. The lowest BCUT2D eigenvalue weighted by Crippen LogP contribution is -2.51. The number of carbonyl (C=O) groups is 1. The van der Waals surface area contributed by atoms with Crippen molar-refractivity contribution in [2.75, 3.05) is 0 Å². The molecule has 0 radical (unpaired) electrons. The Kier molecular flexibility index (Phi) is 2.54. The minimum Gasteiger partial charge on any atom is -0.393 e. The Morgan fingerprint density at radius 2 is 1.91 bits per heavy atom. The predicted molar refractivity (Wildman–Crippen MR) is 85.1 cm³/mol. The molecule has 4 saturated carbocycles. The highest BCUT2D eigenvalue weighted by molar-refractivity contribution is 5.92. The van der Waals surface area contributed by atoms with Crippen LogP contribution < -0.4 is 0 Å². The molecule has 4 fully saturated rings. The van der Waals surface area contributed by atoms with Gasteiger partial charge in [-0.15, -0.1) is 0 Å². The largest absolute Gasteiger partial charge is 0.393 e. The zero-order valence-corrected chi connectivity index (χ0v) is 13.8. The fourth-order valence-electron chi connectivity index (χ4n) is 7.31. The lowest BCUT2D eigenvalue weighted by atomic mass is 9.47. The van der Waals surface area contributed by atoms with Gasteiger partial charge in [-0.2, -0.15) is 0 Å². The van der Waals surface area contributed by atoms with Gasteiger partial charge in [-0.3, -0.25) is 4.79 Å². The summed E-state index contributed by atoms with van der Waals surface area (Å²) < 4.78 is 0. The Morgan fingerprint density at radius 3 is 2.73 bits per heavy atom. The molecule has 120 valence electrons. The Balaban J connectivity index is 1.54. The van der Waals surface area contributed by atoms with Gasteiger partial charge in [0.25, 0.3) is 0 Å². The third-order valence-corrected chi connectivity index (χ3v) is 8.53. The van der Waals surface area contributed by atoms with Gasteiger partial charge in [0.05, 0.1) is 6.10 Å². The number of carbonyl (C=O) groups excluding carboxylic acids is 1. The second-order valence-corrected chi connectivity index (χ2v) is 9.40. The number of allylic oxidation sites excluding steroid dienone is 1. The van der Waals surface area contributed by atoms with Crippen LogP contribution in [-0.2, 0) is 4.79 Å². The number of aliphatic hydroxyl groups is 1. The number of ketones is 1. The van der Waals surface area contributed by atoms with Crippen LogP contribution in [-0.4, -0.2) is 17.0 Å². The minimum absolute atomic E-state index is 0.00460. The zero-order chi connectivity index (χ0) is 15.3. The van der Waals surface area contributed by atoms with E-state index in [-0.39, 0.29) is 11.5 Å². The molecular formula is C20H28O2. The number of hydrogen-bond donors (Lipinski definition) is 1. The molecule has 0 aromatic heterocycles. The second-order valence-electron chi connectivity index (χ2n) is 9.40. The summed E-state index contributed by atoms with van der Waals surface area (Å²) in [5.74, 6) is 3.90. The Hall–Kier alpha value is -0.630. The van der Waals surface area contributed by atoms with Crippen molar-refractivity contribution in [3.63, 3.8) is 0 Å². The van der Waals surface area contributed by atoms with Gasteiger partial charge in [0.2, 0.25) is 0 Å². The van der Waals surface area contributed by atoms with E-state index in [0.29, 0.717) is 23.0 Å². The zero-order valence-electron chi connectivity index (χ0n) is 13.8.